The highest BCUT2D eigenvalue weighted by Gasteiger charge is 2.36. The Hall–Kier alpha value is -2.28. The molecule has 0 aromatic heterocycles. The summed E-state index contributed by atoms with van der Waals surface area (Å²) in [5, 5.41) is 10.7. The lowest BCUT2D eigenvalue weighted by molar-refractivity contribution is -0.385. The van der Waals surface area contributed by atoms with E-state index in [0.29, 0.717) is 6.07 Å². The van der Waals surface area contributed by atoms with Gasteiger partial charge in [-0.25, -0.2) is 0 Å². The molecule has 8 heteroatoms. The lowest BCUT2D eigenvalue weighted by atomic mass is 10.1. The van der Waals surface area contributed by atoms with Crippen LogP contribution in [0.15, 0.2) is 42.5 Å². The molecule has 0 bridgehead atoms. The number of nitro benzene ring substituents is 1. The highest BCUT2D eigenvalue weighted by Crippen LogP contribution is 2.41. The fourth-order valence-electron chi connectivity index (χ4n) is 1.59. The number of hydrogen-bond donors (Lipinski definition) is 0. The Bertz CT molecular complexity index is 689. The summed E-state index contributed by atoms with van der Waals surface area (Å²) in [4.78, 5) is 9.67. The SMILES string of the molecule is O=[N+]([O-])c1ccc(Oc2ccccc2Cl)c(C(F)(F)F)c1. The zero-order chi connectivity index (χ0) is 15.6. The van der Waals surface area contributed by atoms with Crippen molar-refractivity contribution >= 4 is 17.3 Å². The maximum absolute atomic E-state index is 13.0. The van der Waals surface area contributed by atoms with Gasteiger partial charge < -0.3 is 4.74 Å². The molecule has 0 aliphatic heterocycles. The van der Waals surface area contributed by atoms with Crippen LogP contribution in [0.5, 0.6) is 11.5 Å². The number of hydrogen-bond acceptors (Lipinski definition) is 3. The van der Waals surface area contributed by atoms with Crippen molar-refractivity contribution in [2.24, 2.45) is 0 Å². The molecule has 2 aromatic rings. The van der Waals surface area contributed by atoms with Gasteiger partial charge in [0, 0.05) is 12.1 Å². The summed E-state index contributed by atoms with van der Waals surface area (Å²) < 4.78 is 44.0. The molecule has 0 saturated heterocycles. The first-order valence-electron chi connectivity index (χ1n) is 5.57. The van der Waals surface area contributed by atoms with Crippen LogP contribution in [0, 0.1) is 10.1 Å². The van der Waals surface area contributed by atoms with Crippen LogP contribution in [0.25, 0.3) is 0 Å². The number of para-hydroxylation sites is 1. The molecule has 2 rings (SSSR count). The second kappa shape index (κ2) is 5.61. The van der Waals surface area contributed by atoms with Crippen molar-refractivity contribution in [1.82, 2.24) is 0 Å². The summed E-state index contributed by atoms with van der Waals surface area (Å²) in [6, 6.07) is 8.23. The average molecular weight is 318 g/mol. The molecule has 0 atom stereocenters. The van der Waals surface area contributed by atoms with Gasteiger partial charge in [-0.05, 0) is 18.2 Å². The van der Waals surface area contributed by atoms with Gasteiger partial charge in [0.15, 0.2) is 0 Å². The van der Waals surface area contributed by atoms with Crippen LogP contribution in [0.3, 0.4) is 0 Å². The van der Waals surface area contributed by atoms with Gasteiger partial charge in [-0.15, -0.1) is 0 Å². The number of benzene rings is 2. The molecular weight excluding hydrogens is 311 g/mol. The number of nitro groups is 1. The highest BCUT2D eigenvalue weighted by molar-refractivity contribution is 6.32. The van der Waals surface area contributed by atoms with Crippen molar-refractivity contribution in [2.75, 3.05) is 0 Å². The maximum atomic E-state index is 13.0. The maximum Gasteiger partial charge on any atom is 0.420 e. The van der Waals surface area contributed by atoms with Crippen molar-refractivity contribution in [3.05, 3.63) is 63.2 Å². The number of rotatable bonds is 3. The van der Waals surface area contributed by atoms with Gasteiger partial charge in [0.2, 0.25) is 0 Å². The third-order valence-electron chi connectivity index (χ3n) is 2.54. The van der Waals surface area contributed by atoms with E-state index in [0.717, 1.165) is 12.1 Å². The lowest BCUT2D eigenvalue weighted by Gasteiger charge is -2.14. The molecule has 0 spiro atoms. The molecule has 0 heterocycles. The van der Waals surface area contributed by atoms with Crippen molar-refractivity contribution < 1.29 is 22.8 Å². The van der Waals surface area contributed by atoms with E-state index < -0.39 is 28.1 Å². The van der Waals surface area contributed by atoms with Crippen LogP contribution in [-0.2, 0) is 6.18 Å². The Morgan fingerprint density at radius 2 is 1.76 bits per heavy atom. The third-order valence-corrected chi connectivity index (χ3v) is 2.85. The fraction of sp³-hybridized carbons (Fsp3) is 0.0769. The normalized spacial score (nSPS) is 11.2. The summed E-state index contributed by atoms with van der Waals surface area (Å²) in [7, 11) is 0. The zero-order valence-electron chi connectivity index (χ0n) is 10.2. The van der Waals surface area contributed by atoms with Gasteiger partial charge in [0.1, 0.15) is 17.1 Å². The molecule has 0 unspecified atom stereocenters. The number of nitrogens with zero attached hydrogens (tertiary/aromatic N) is 1. The number of ether oxygens (including phenoxy) is 1. The third kappa shape index (κ3) is 3.43. The standard InChI is InChI=1S/C13H7ClF3NO3/c14-10-3-1-2-4-12(10)21-11-6-5-8(18(19)20)7-9(11)13(15,16)17/h1-7H. The first-order valence-corrected chi connectivity index (χ1v) is 5.95. The molecule has 21 heavy (non-hydrogen) atoms. The van der Waals surface area contributed by atoms with Crippen molar-refractivity contribution in [3.8, 4) is 11.5 Å². The van der Waals surface area contributed by atoms with E-state index in [1.807, 2.05) is 0 Å². The molecule has 0 saturated carbocycles. The summed E-state index contributed by atoms with van der Waals surface area (Å²) in [6.07, 6.45) is -4.79. The monoisotopic (exact) mass is 317 g/mol. The Labute approximate surface area is 121 Å². The van der Waals surface area contributed by atoms with Crippen molar-refractivity contribution in [1.29, 1.82) is 0 Å². The minimum atomic E-state index is -4.79. The minimum Gasteiger partial charge on any atom is -0.455 e. The molecule has 2 aromatic carbocycles. The highest BCUT2D eigenvalue weighted by atomic mass is 35.5. The molecule has 0 N–H and O–H groups in total. The molecule has 4 nitrogen and oxygen atoms in total. The van der Waals surface area contributed by atoms with E-state index in [1.54, 1.807) is 12.1 Å². The van der Waals surface area contributed by atoms with E-state index >= 15 is 0 Å². The number of alkyl halides is 3. The van der Waals surface area contributed by atoms with Crippen LogP contribution < -0.4 is 4.74 Å². The first kappa shape index (κ1) is 15.1. The summed E-state index contributed by atoms with van der Waals surface area (Å²) in [6.45, 7) is 0. The predicted octanol–water partition coefficient (Wildman–Crippen LogP) is 5.06. The van der Waals surface area contributed by atoms with Crippen LogP contribution in [0.2, 0.25) is 5.02 Å². The Morgan fingerprint density at radius 3 is 2.33 bits per heavy atom. The topological polar surface area (TPSA) is 52.4 Å². The molecule has 0 aliphatic carbocycles. The Morgan fingerprint density at radius 1 is 1.10 bits per heavy atom. The zero-order valence-corrected chi connectivity index (χ0v) is 11.0. The summed E-state index contributed by atoms with van der Waals surface area (Å²) >= 11 is 5.81. The van der Waals surface area contributed by atoms with E-state index in [9.17, 15) is 23.3 Å². The quantitative estimate of drug-likeness (QED) is 0.587. The van der Waals surface area contributed by atoms with Crippen LogP contribution in [0.4, 0.5) is 18.9 Å². The molecule has 110 valence electrons. The van der Waals surface area contributed by atoms with Gasteiger partial charge in [0.25, 0.3) is 5.69 Å². The summed E-state index contributed by atoms with van der Waals surface area (Å²) in [5.74, 6) is -0.528. The van der Waals surface area contributed by atoms with Gasteiger partial charge in [-0.3, -0.25) is 10.1 Å². The van der Waals surface area contributed by atoms with Crippen molar-refractivity contribution in [2.45, 2.75) is 6.18 Å². The molecule has 0 fully saturated rings. The first-order chi connectivity index (χ1) is 9.79. The molecular formula is C13H7ClF3NO3. The van der Waals surface area contributed by atoms with E-state index in [1.165, 1.54) is 12.1 Å². The lowest BCUT2D eigenvalue weighted by Crippen LogP contribution is -2.08. The van der Waals surface area contributed by atoms with Crippen molar-refractivity contribution in [3.63, 3.8) is 0 Å². The van der Waals surface area contributed by atoms with Gasteiger partial charge in [0.05, 0.1) is 9.95 Å². The predicted molar refractivity (Wildman–Crippen MR) is 69.6 cm³/mol. The number of halogens is 4. The smallest absolute Gasteiger partial charge is 0.420 e. The summed E-state index contributed by atoms with van der Waals surface area (Å²) in [5.41, 5.74) is -1.91. The molecule has 0 amide bonds. The Kier molecular flexibility index (Phi) is 4.04. The van der Waals surface area contributed by atoms with Crippen LogP contribution in [0.1, 0.15) is 5.56 Å². The van der Waals surface area contributed by atoms with Gasteiger partial charge in [-0.1, -0.05) is 23.7 Å². The average Bonchev–Trinajstić information content (AvgIpc) is 2.40. The van der Waals surface area contributed by atoms with E-state index in [4.69, 9.17) is 16.3 Å². The van der Waals surface area contributed by atoms with Gasteiger partial charge in [-0.2, -0.15) is 13.2 Å². The van der Waals surface area contributed by atoms with E-state index in [2.05, 4.69) is 0 Å². The molecule has 0 radical (unpaired) electrons. The van der Waals surface area contributed by atoms with Gasteiger partial charge >= 0.3 is 6.18 Å². The van der Waals surface area contributed by atoms with Crippen LogP contribution >= 0.6 is 11.6 Å². The molecule has 0 aliphatic rings. The van der Waals surface area contributed by atoms with Crippen LogP contribution in [-0.4, -0.2) is 4.92 Å². The largest absolute Gasteiger partial charge is 0.455 e. The second-order valence-corrected chi connectivity index (χ2v) is 4.38. The number of non-ortho nitro benzene ring substituents is 1. The fourth-order valence-corrected chi connectivity index (χ4v) is 1.76. The Balaban J connectivity index is 2.48. The van der Waals surface area contributed by atoms with E-state index in [-0.39, 0.29) is 10.8 Å². The second-order valence-electron chi connectivity index (χ2n) is 3.97. The minimum absolute atomic E-state index is 0.0264.